The SMILES string of the molecule is C#CN(C(=O)C(CCSC)NC(=O)OC(C)(C)C)C(C(=O)NC1CCCCC1)c1ccc(C)cc1C. The summed E-state index contributed by atoms with van der Waals surface area (Å²) in [4.78, 5) is 41.1. The van der Waals surface area contributed by atoms with Gasteiger partial charge in [-0.2, -0.15) is 11.8 Å². The summed E-state index contributed by atoms with van der Waals surface area (Å²) in [5, 5.41) is 5.82. The Hall–Kier alpha value is -2.66. The smallest absolute Gasteiger partial charge is 0.408 e. The zero-order valence-electron chi connectivity index (χ0n) is 22.5. The van der Waals surface area contributed by atoms with Crippen molar-refractivity contribution >= 4 is 29.7 Å². The second-order valence-electron chi connectivity index (χ2n) is 10.4. The van der Waals surface area contributed by atoms with Gasteiger partial charge in [-0.15, -0.1) is 0 Å². The van der Waals surface area contributed by atoms with Crippen molar-refractivity contribution in [2.24, 2.45) is 0 Å². The summed E-state index contributed by atoms with van der Waals surface area (Å²) in [6.07, 6.45) is 12.6. The van der Waals surface area contributed by atoms with E-state index in [1.807, 2.05) is 38.3 Å². The van der Waals surface area contributed by atoms with Crippen LogP contribution < -0.4 is 10.6 Å². The molecule has 0 saturated heterocycles. The normalized spacial score (nSPS) is 15.8. The van der Waals surface area contributed by atoms with Gasteiger partial charge in [0.15, 0.2) is 0 Å². The van der Waals surface area contributed by atoms with Crippen LogP contribution in [0.3, 0.4) is 0 Å². The lowest BCUT2D eigenvalue weighted by Gasteiger charge is -2.33. The molecule has 2 atom stereocenters. The Labute approximate surface area is 220 Å². The van der Waals surface area contributed by atoms with E-state index in [1.54, 1.807) is 32.5 Å². The number of aryl methyl sites for hydroxylation is 2. The van der Waals surface area contributed by atoms with Gasteiger partial charge in [-0.3, -0.25) is 14.5 Å². The van der Waals surface area contributed by atoms with Gasteiger partial charge in [0, 0.05) is 12.1 Å². The quantitative estimate of drug-likeness (QED) is 0.362. The molecule has 2 rings (SSSR count). The highest BCUT2D eigenvalue weighted by Gasteiger charge is 2.37. The maximum Gasteiger partial charge on any atom is 0.408 e. The number of ether oxygens (including phenoxy) is 1. The van der Waals surface area contributed by atoms with E-state index in [1.165, 1.54) is 0 Å². The molecule has 2 N–H and O–H groups in total. The molecule has 0 heterocycles. The minimum atomic E-state index is -1.01. The van der Waals surface area contributed by atoms with E-state index in [-0.39, 0.29) is 11.9 Å². The number of alkyl carbamates (subject to hydrolysis) is 1. The van der Waals surface area contributed by atoms with E-state index in [9.17, 15) is 14.4 Å². The topological polar surface area (TPSA) is 87.7 Å². The second kappa shape index (κ2) is 13.6. The molecule has 1 saturated carbocycles. The first-order valence-electron chi connectivity index (χ1n) is 12.6. The lowest BCUT2D eigenvalue weighted by atomic mass is 9.93. The van der Waals surface area contributed by atoms with Crippen LogP contribution in [-0.2, 0) is 14.3 Å². The van der Waals surface area contributed by atoms with Crippen LogP contribution in [0.5, 0.6) is 0 Å². The molecule has 0 radical (unpaired) electrons. The summed E-state index contributed by atoms with van der Waals surface area (Å²) < 4.78 is 5.38. The highest BCUT2D eigenvalue weighted by Crippen LogP contribution is 2.27. The number of rotatable bonds is 9. The molecule has 2 unspecified atom stereocenters. The molecule has 1 aliphatic rings. The van der Waals surface area contributed by atoms with Crippen LogP contribution in [-0.4, -0.2) is 52.5 Å². The third kappa shape index (κ3) is 8.77. The molecule has 1 fully saturated rings. The van der Waals surface area contributed by atoms with E-state index < -0.39 is 29.7 Å². The van der Waals surface area contributed by atoms with Crippen molar-refractivity contribution in [2.45, 2.75) is 96.9 Å². The predicted octanol–water partition coefficient (Wildman–Crippen LogP) is 4.86. The van der Waals surface area contributed by atoms with E-state index >= 15 is 0 Å². The van der Waals surface area contributed by atoms with Gasteiger partial charge >= 0.3 is 6.09 Å². The third-order valence-electron chi connectivity index (χ3n) is 6.15. The summed E-state index contributed by atoms with van der Waals surface area (Å²) in [6, 6.07) is 6.31. The van der Waals surface area contributed by atoms with Crippen LogP contribution in [0.2, 0.25) is 0 Å². The Morgan fingerprint density at radius 3 is 2.42 bits per heavy atom. The second-order valence-corrected chi connectivity index (χ2v) is 11.4. The van der Waals surface area contributed by atoms with E-state index in [0.717, 1.165) is 48.1 Å². The lowest BCUT2D eigenvalue weighted by Crippen LogP contribution is -2.52. The Bertz CT molecular complexity index is 961. The first-order chi connectivity index (χ1) is 17.0. The molecule has 36 heavy (non-hydrogen) atoms. The number of benzene rings is 1. The van der Waals surface area contributed by atoms with Crippen LogP contribution >= 0.6 is 11.8 Å². The predicted molar refractivity (Wildman–Crippen MR) is 146 cm³/mol. The molecule has 3 amide bonds. The Morgan fingerprint density at radius 1 is 1.19 bits per heavy atom. The molecule has 0 aromatic heterocycles. The number of hydrogen-bond acceptors (Lipinski definition) is 5. The van der Waals surface area contributed by atoms with Crippen molar-refractivity contribution in [1.29, 1.82) is 0 Å². The summed E-state index contributed by atoms with van der Waals surface area (Å²) in [5.41, 5.74) is 1.86. The van der Waals surface area contributed by atoms with Gasteiger partial charge in [0.1, 0.15) is 17.7 Å². The molecule has 0 bridgehead atoms. The van der Waals surface area contributed by atoms with Crippen LogP contribution in [0, 0.1) is 26.3 Å². The number of carbonyl (C=O) groups excluding carboxylic acids is 3. The summed E-state index contributed by atoms with van der Waals surface area (Å²) >= 11 is 1.55. The van der Waals surface area contributed by atoms with Crippen molar-refractivity contribution in [2.75, 3.05) is 12.0 Å². The minimum absolute atomic E-state index is 0.0569. The Morgan fingerprint density at radius 2 is 1.86 bits per heavy atom. The third-order valence-corrected chi connectivity index (χ3v) is 6.80. The molecule has 8 heteroatoms. The summed E-state index contributed by atoms with van der Waals surface area (Å²) in [5.74, 6) is -0.199. The van der Waals surface area contributed by atoms with Gasteiger partial charge in [-0.1, -0.05) is 49.4 Å². The molecule has 7 nitrogen and oxygen atoms in total. The monoisotopic (exact) mass is 515 g/mol. The number of amides is 3. The summed E-state index contributed by atoms with van der Waals surface area (Å²) in [7, 11) is 0. The van der Waals surface area contributed by atoms with E-state index in [4.69, 9.17) is 11.2 Å². The van der Waals surface area contributed by atoms with Gasteiger partial charge < -0.3 is 15.4 Å². The molecular weight excluding hydrogens is 474 g/mol. The highest BCUT2D eigenvalue weighted by atomic mass is 32.2. The highest BCUT2D eigenvalue weighted by molar-refractivity contribution is 7.98. The molecule has 1 aliphatic carbocycles. The maximum atomic E-state index is 13.8. The fourth-order valence-electron chi connectivity index (χ4n) is 4.43. The van der Waals surface area contributed by atoms with Gasteiger partial charge in [-0.05, 0) is 77.0 Å². The number of hydrogen-bond donors (Lipinski definition) is 2. The average Bonchev–Trinajstić information content (AvgIpc) is 2.79. The minimum Gasteiger partial charge on any atom is -0.444 e. The molecule has 1 aromatic rings. The van der Waals surface area contributed by atoms with Crippen LogP contribution in [0.15, 0.2) is 18.2 Å². The van der Waals surface area contributed by atoms with E-state index in [0.29, 0.717) is 17.7 Å². The maximum absolute atomic E-state index is 13.8. The molecule has 198 valence electrons. The Kier molecular flexibility index (Phi) is 11.2. The Balaban J connectivity index is 2.41. The molecule has 0 spiro atoms. The number of terminal acetylenes is 1. The zero-order chi connectivity index (χ0) is 26.9. The fourth-order valence-corrected chi connectivity index (χ4v) is 4.90. The fraction of sp³-hybridized carbons (Fsp3) is 0.607. The van der Waals surface area contributed by atoms with Gasteiger partial charge in [0.2, 0.25) is 5.91 Å². The summed E-state index contributed by atoms with van der Waals surface area (Å²) in [6.45, 7) is 9.15. The number of nitrogens with zero attached hydrogens (tertiary/aromatic N) is 1. The van der Waals surface area contributed by atoms with E-state index in [2.05, 4.69) is 16.7 Å². The van der Waals surface area contributed by atoms with Gasteiger partial charge in [-0.25, -0.2) is 4.79 Å². The number of nitrogens with one attached hydrogen (secondary N) is 2. The van der Waals surface area contributed by atoms with Crippen LogP contribution in [0.4, 0.5) is 4.79 Å². The van der Waals surface area contributed by atoms with Crippen molar-refractivity contribution < 1.29 is 19.1 Å². The molecule has 1 aromatic carbocycles. The zero-order valence-corrected chi connectivity index (χ0v) is 23.3. The number of thioether (sulfide) groups is 1. The van der Waals surface area contributed by atoms with Crippen LogP contribution in [0.25, 0.3) is 0 Å². The van der Waals surface area contributed by atoms with Crippen molar-refractivity contribution in [1.82, 2.24) is 15.5 Å². The lowest BCUT2D eigenvalue weighted by molar-refractivity contribution is -0.139. The standard InChI is InChI=1S/C28H41N3O4S/c1-8-31(26(33)23(16-17-36-7)30-27(34)35-28(4,5)6)24(22-15-14-19(2)18-20(22)3)25(32)29-21-12-10-9-11-13-21/h1,14-15,18,21,23-24H,9-13,16-17H2,2-7H3,(H,29,32)(H,30,34). The van der Waals surface area contributed by atoms with Crippen molar-refractivity contribution in [3.63, 3.8) is 0 Å². The average molecular weight is 516 g/mol. The largest absolute Gasteiger partial charge is 0.444 e. The van der Waals surface area contributed by atoms with Crippen LogP contribution in [0.1, 0.15) is 82.0 Å². The molecular formula is C28H41N3O4S. The first kappa shape index (κ1) is 29.6. The first-order valence-corrected chi connectivity index (χ1v) is 14.0. The number of carbonyl (C=O) groups is 3. The van der Waals surface area contributed by atoms with Gasteiger partial charge in [0.05, 0.1) is 0 Å². The van der Waals surface area contributed by atoms with Crippen molar-refractivity contribution in [3.8, 4) is 12.5 Å². The van der Waals surface area contributed by atoms with Gasteiger partial charge in [0.25, 0.3) is 5.91 Å². The van der Waals surface area contributed by atoms with Crippen molar-refractivity contribution in [3.05, 3.63) is 34.9 Å². The molecule has 0 aliphatic heterocycles.